The predicted molar refractivity (Wildman–Crippen MR) is 105 cm³/mol. The van der Waals surface area contributed by atoms with Crippen LogP contribution in [0.4, 0.5) is 0 Å². The fourth-order valence-electron chi connectivity index (χ4n) is 4.10. The maximum absolute atomic E-state index is 12.8. The summed E-state index contributed by atoms with van der Waals surface area (Å²) in [5.41, 5.74) is 0.578. The standard InChI is InChI=1S/C20H29N3O5/c1-28-12-4-9-20(14-24)13-22(10-7-17(20)25)18(26)8-11-23-16-6-3-2-5-15(16)21-19(23)27/h2-3,5-6,17,24-25H,4,7-14H2,1H3,(H,21,27)/t17-,20+/m1/s1. The molecule has 0 spiro atoms. The minimum atomic E-state index is -0.718. The van der Waals surface area contributed by atoms with Crippen molar-refractivity contribution in [2.45, 2.75) is 38.3 Å². The van der Waals surface area contributed by atoms with E-state index < -0.39 is 11.5 Å². The number of aromatic amines is 1. The number of aliphatic hydroxyl groups is 2. The molecule has 0 radical (unpaired) electrons. The summed E-state index contributed by atoms with van der Waals surface area (Å²) in [6, 6.07) is 7.39. The van der Waals surface area contributed by atoms with E-state index in [-0.39, 0.29) is 31.2 Å². The highest BCUT2D eigenvalue weighted by molar-refractivity contribution is 5.77. The Morgan fingerprint density at radius 2 is 2.18 bits per heavy atom. The number of likely N-dealkylation sites (tertiary alicyclic amines) is 1. The number of benzene rings is 1. The third kappa shape index (κ3) is 4.14. The van der Waals surface area contributed by atoms with Crippen LogP contribution in [0.5, 0.6) is 0 Å². The van der Waals surface area contributed by atoms with Crippen molar-refractivity contribution >= 4 is 16.9 Å². The lowest BCUT2D eigenvalue weighted by atomic mass is 9.74. The Labute approximate surface area is 163 Å². The highest BCUT2D eigenvalue weighted by Gasteiger charge is 2.43. The second-order valence-corrected chi connectivity index (χ2v) is 7.59. The third-order valence-corrected chi connectivity index (χ3v) is 5.81. The van der Waals surface area contributed by atoms with Gasteiger partial charge in [-0.05, 0) is 31.4 Å². The van der Waals surface area contributed by atoms with Gasteiger partial charge in [0.25, 0.3) is 0 Å². The van der Waals surface area contributed by atoms with Gasteiger partial charge in [-0.2, -0.15) is 0 Å². The number of imidazole rings is 1. The number of piperidine rings is 1. The van der Waals surface area contributed by atoms with Gasteiger partial charge < -0.3 is 24.8 Å². The molecule has 3 rings (SSSR count). The van der Waals surface area contributed by atoms with Gasteiger partial charge in [-0.1, -0.05) is 12.1 Å². The zero-order chi connectivity index (χ0) is 20.1. The molecule has 0 aliphatic carbocycles. The van der Waals surface area contributed by atoms with Gasteiger partial charge in [-0.25, -0.2) is 4.79 Å². The largest absolute Gasteiger partial charge is 0.396 e. The molecule has 1 aliphatic heterocycles. The van der Waals surface area contributed by atoms with Gasteiger partial charge in [-0.15, -0.1) is 0 Å². The number of fused-ring (bicyclic) bond motifs is 1. The zero-order valence-corrected chi connectivity index (χ0v) is 16.3. The first-order valence-electron chi connectivity index (χ1n) is 9.74. The fourth-order valence-corrected chi connectivity index (χ4v) is 4.10. The molecule has 8 nitrogen and oxygen atoms in total. The number of amides is 1. The Morgan fingerprint density at radius 1 is 1.39 bits per heavy atom. The number of carbonyl (C=O) groups is 1. The first-order chi connectivity index (χ1) is 13.5. The second kappa shape index (κ2) is 8.89. The van der Waals surface area contributed by atoms with Crippen molar-refractivity contribution in [3.8, 4) is 0 Å². The van der Waals surface area contributed by atoms with Crippen LogP contribution < -0.4 is 5.69 Å². The third-order valence-electron chi connectivity index (χ3n) is 5.81. The van der Waals surface area contributed by atoms with Crippen molar-refractivity contribution in [3.63, 3.8) is 0 Å². The van der Waals surface area contributed by atoms with Crippen molar-refractivity contribution in [2.75, 3.05) is 33.4 Å². The molecule has 1 aromatic heterocycles. The maximum atomic E-state index is 12.8. The first-order valence-corrected chi connectivity index (χ1v) is 9.74. The van der Waals surface area contributed by atoms with Crippen LogP contribution in [0.15, 0.2) is 29.1 Å². The lowest BCUT2D eigenvalue weighted by Crippen LogP contribution is -2.55. The summed E-state index contributed by atoms with van der Waals surface area (Å²) in [7, 11) is 1.62. The smallest absolute Gasteiger partial charge is 0.326 e. The Hall–Kier alpha value is -2.16. The number of para-hydroxylation sites is 2. The van der Waals surface area contributed by atoms with Gasteiger partial charge in [0, 0.05) is 45.2 Å². The number of aliphatic hydroxyl groups excluding tert-OH is 2. The lowest BCUT2D eigenvalue weighted by molar-refractivity contribution is -0.143. The van der Waals surface area contributed by atoms with Crippen molar-refractivity contribution in [1.82, 2.24) is 14.5 Å². The molecular weight excluding hydrogens is 362 g/mol. The van der Waals surface area contributed by atoms with Gasteiger partial charge in [-0.3, -0.25) is 9.36 Å². The predicted octanol–water partition coefficient (Wildman–Crippen LogP) is 0.718. The summed E-state index contributed by atoms with van der Waals surface area (Å²) < 4.78 is 6.65. The van der Waals surface area contributed by atoms with E-state index in [0.717, 1.165) is 11.0 Å². The van der Waals surface area contributed by atoms with Crippen LogP contribution in [0.3, 0.4) is 0 Å². The number of ether oxygens (including phenoxy) is 1. The first kappa shape index (κ1) is 20.6. The van der Waals surface area contributed by atoms with Crippen molar-refractivity contribution in [1.29, 1.82) is 0 Å². The SMILES string of the molecule is COCCC[C@@]1(CO)CN(C(=O)CCn2c(=O)[nH]c3ccccc32)CC[C@H]1O. The highest BCUT2D eigenvalue weighted by atomic mass is 16.5. The average molecular weight is 391 g/mol. The topological polar surface area (TPSA) is 108 Å². The molecule has 154 valence electrons. The van der Waals surface area contributed by atoms with E-state index in [4.69, 9.17) is 4.74 Å². The number of rotatable bonds is 8. The average Bonchev–Trinajstić information content (AvgIpc) is 3.02. The number of methoxy groups -OCH3 is 1. The quantitative estimate of drug-likeness (QED) is 0.575. The summed E-state index contributed by atoms with van der Waals surface area (Å²) in [5, 5.41) is 20.4. The van der Waals surface area contributed by atoms with E-state index in [1.807, 2.05) is 24.3 Å². The number of carbonyl (C=O) groups excluding carboxylic acids is 1. The summed E-state index contributed by atoms with van der Waals surface area (Å²) in [4.78, 5) is 29.5. The molecule has 2 aromatic rings. The summed E-state index contributed by atoms with van der Waals surface area (Å²) in [5.74, 6) is -0.0753. The number of aromatic nitrogens is 2. The molecule has 8 heteroatoms. The van der Waals surface area contributed by atoms with Crippen molar-refractivity contribution in [3.05, 3.63) is 34.7 Å². The van der Waals surface area contributed by atoms with Crippen LogP contribution in [0.25, 0.3) is 11.0 Å². The highest BCUT2D eigenvalue weighted by Crippen LogP contribution is 2.35. The summed E-state index contributed by atoms with van der Waals surface area (Å²) in [6.07, 6.45) is 1.28. The van der Waals surface area contributed by atoms with E-state index in [2.05, 4.69) is 4.98 Å². The minimum Gasteiger partial charge on any atom is -0.396 e. The monoisotopic (exact) mass is 391 g/mol. The van der Waals surface area contributed by atoms with Gasteiger partial charge in [0.2, 0.25) is 5.91 Å². The molecular formula is C20H29N3O5. The number of nitrogens with one attached hydrogen (secondary N) is 1. The number of aryl methyl sites for hydroxylation is 1. The Kier molecular flexibility index (Phi) is 6.53. The minimum absolute atomic E-state index is 0.0753. The molecule has 1 aromatic carbocycles. The fraction of sp³-hybridized carbons (Fsp3) is 0.600. The van der Waals surface area contributed by atoms with Gasteiger partial charge in [0.15, 0.2) is 0 Å². The van der Waals surface area contributed by atoms with Crippen LogP contribution in [-0.2, 0) is 16.1 Å². The van der Waals surface area contributed by atoms with Crippen LogP contribution in [0.2, 0.25) is 0 Å². The van der Waals surface area contributed by atoms with Crippen molar-refractivity contribution in [2.24, 2.45) is 5.41 Å². The Bertz CT molecular complexity index is 861. The maximum Gasteiger partial charge on any atom is 0.326 e. The van der Waals surface area contributed by atoms with Gasteiger partial charge >= 0.3 is 5.69 Å². The molecule has 1 amide bonds. The molecule has 3 N–H and O–H groups in total. The van der Waals surface area contributed by atoms with E-state index in [0.29, 0.717) is 39.0 Å². The Balaban J connectivity index is 1.66. The van der Waals surface area contributed by atoms with E-state index in [1.165, 1.54) is 0 Å². The lowest BCUT2D eigenvalue weighted by Gasteiger charge is -2.45. The van der Waals surface area contributed by atoms with E-state index in [9.17, 15) is 19.8 Å². The molecule has 2 heterocycles. The molecule has 2 atom stereocenters. The van der Waals surface area contributed by atoms with Crippen LogP contribution >= 0.6 is 0 Å². The summed E-state index contributed by atoms with van der Waals surface area (Å²) >= 11 is 0. The summed E-state index contributed by atoms with van der Waals surface area (Å²) in [6.45, 7) is 1.43. The van der Waals surface area contributed by atoms with Gasteiger partial charge in [0.05, 0.1) is 23.7 Å². The molecule has 0 bridgehead atoms. The molecule has 28 heavy (non-hydrogen) atoms. The van der Waals surface area contributed by atoms with E-state index in [1.54, 1.807) is 16.6 Å². The molecule has 0 unspecified atom stereocenters. The van der Waals surface area contributed by atoms with Crippen LogP contribution in [0, 0.1) is 5.41 Å². The normalized spacial score (nSPS) is 22.7. The number of nitrogens with zero attached hydrogens (tertiary/aromatic N) is 2. The second-order valence-electron chi connectivity index (χ2n) is 7.59. The molecule has 1 fully saturated rings. The molecule has 1 saturated heterocycles. The molecule has 1 aliphatic rings. The number of H-pyrrole nitrogens is 1. The number of hydrogen-bond donors (Lipinski definition) is 3. The number of hydrogen-bond acceptors (Lipinski definition) is 5. The van der Waals surface area contributed by atoms with E-state index >= 15 is 0 Å². The zero-order valence-electron chi connectivity index (χ0n) is 16.3. The molecule has 0 saturated carbocycles. The van der Waals surface area contributed by atoms with Crippen LogP contribution in [-0.4, -0.2) is 70.1 Å². The van der Waals surface area contributed by atoms with Crippen LogP contribution in [0.1, 0.15) is 25.7 Å². The Morgan fingerprint density at radius 3 is 2.93 bits per heavy atom. The van der Waals surface area contributed by atoms with Gasteiger partial charge in [0.1, 0.15) is 0 Å². The van der Waals surface area contributed by atoms with Crippen molar-refractivity contribution < 1.29 is 19.7 Å².